The number of ether oxygens (including phenoxy) is 2. The van der Waals surface area contributed by atoms with E-state index in [-0.39, 0.29) is 10.5 Å². The molecule has 1 aliphatic heterocycles. The lowest BCUT2D eigenvalue weighted by Gasteiger charge is -2.20. The molecule has 0 amide bonds. The van der Waals surface area contributed by atoms with Crippen molar-refractivity contribution in [2.45, 2.75) is 37.5 Å². The Bertz CT molecular complexity index is 901. The number of para-hydroxylation sites is 2. The normalized spacial score (nSPS) is 15.6. The van der Waals surface area contributed by atoms with Gasteiger partial charge in [0, 0.05) is 13.1 Å². The molecule has 0 spiro atoms. The van der Waals surface area contributed by atoms with Crippen molar-refractivity contribution in [3.63, 3.8) is 0 Å². The van der Waals surface area contributed by atoms with Gasteiger partial charge in [-0.25, -0.2) is 13.2 Å². The molecule has 0 saturated carbocycles. The molecule has 0 bridgehead atoms. The summed E-state index contributed by atoms with van der Waals surface area (Å²) in [6.07, 6.45) is 3.87. The van der Waals surface area contributed by atoms with Crippen LogP contribution in [0.1, 0.15) is 43.0 Å². The Morgan fingerprint density at radius 3 is 2.14 bits per heavy atom. The molecule has 0 atom stereocenters. The molecule has 1 saturated heterocycles. The maximum atomic E-state index is 12.8. The highest BCUT2D eigenvalue weighted by Gasteiger charge is 2.25. The van der Waals surface area contributed by atoms with Gasteiger partial charge in [0.05, 0.1) is 17.1 Å². The van der Waals surface area contributed by atoms with E-state index in [1.807, 2.05) is 6.92 Å². The first kappa shape index (κ1) is 20.4. The molecule has 1 fully saturated rings. The second-order valence-electron chi connectivity index (χ2n) is 6.61. The number of nitrogens with zero attached hydrogens (tertiary/aromatic N) is 1. The van der Waals surface area contributed by atoms with Gasteiger partial charge in [0.25, 0.3) is 0 Å². The molecule has 2 aromatic carbocycles. The van der Waals surface area contributed by atoms with Crippen molar-refractivity contribution in [1.29, 1.82) is 0 Å². The molecular formula is C21H25NO5S. The molecule has 0 aromatic heterocycles. The van der Waals surface area contributed by atoms with E-state index in [1.165, 1.54) is 28.6 Å². The standard InChI is InChI=1S/C21H25NO5S/c1-2-26-19-9-5-6-10-20(19)27-21(23)17-11-13-18(14-12-17)28(24,25)22-15-7-3-4-8-16-22/h5-6,9-14H,2-4,7-8,15-16H2,1H3. The minimum Gasteiger partial charge on any atom is -0.490 e. The average molecular weight is 404 g/mol. The van der Waals surface area contributed by atoms with Crippen LogP contribution in [0.5, 0.6) is 11.5 Å². The molecular weight excluding hydrogens is 378 g/mol. The van der Waals surface area contributed by atoms with E-state index >= 15 is 0 Å². The summed E-state index contributed by atoms with van der Waals surface area (Å²) in [5.74, 6) is 0.250. The third kappa shape index (κ3) is 4.72. The summed E-state index contributed by atoms with van der Waals surface area (Å²) in [5.41, 5.74) is 0.279. The summed E-state index contributed by atoms with van der Waals surface area (Å²) >= 11 is 0. The van der Waals surface area contributed by atoms with E-state index in [4.69, 9.17) is 9.47 Å². The quantitative estimate of drug-likeness (QED) is 0.541. The smallest absolute Gasteiger partial charge is 0.343 e. The third-order valence-corrected chi connectivity index (χ3v) is 6.56. The van der Waals surface area contributed by atoms with Gasteiger partial charge in [-0.3, -0.25) is 0 Å². The van der Waals surface area contributed by atoms with Gasteiger partial charge in [-0.2, -0.15) is 4.31 Å². The number of carbonyl (C=O) groups is 1. The summed E-state index contributed by atoms with van der Waals surface area (Å²) in [5, 5.41) is 0. The highest BCUT2D eigenvalue weighted by atomic mass is 32.2. The second-order valence-corrected chi connectivity index (χ2v) is 8.55. The minimum absolute atomic E-state index is 0.195. The van der Waals surface area contributed by atoms with E-state index < -0.39 is 16.0 Å². The number of benzene rings is 2. The average Bonchev–Trinajstić information content (AvgIpc) is 3.00. The van der Waals surface area contributed by atoms with Crippen LogP contribution in [-0.4, -0.2) is 38.4 Å². The first-order valence-electron chi connectivity index (χ1n) is 9.56. The minimum atomic E-state index is -3.54. The van der Waals surface area contributed by atoms with Gasteiger partial charge < -0.3 is 9.47 Å². The molecule has 0 aliphatic carbocycles. The number of carbonyl (C=O) groups excluding carboxylic acids is 1. The molecule has 0 N–H and O–H groups in total. The van der Waals surface area contributed by atoms with Gasteiger partial charge in [0.15, 0.2) is 11.5 Å². The molecule has 1 heterocycles. The van der Waals surface area contributed by atoms with Crippen molar-refractivity contribution in [1.82, 2.24) is 4.31 Å². The lowest BCUT2D eigenvalue weighted by atomic mass is 10.2. The summed E-state index contributed by atoms with van der Waals surface area (Å²) in [4.78, 5) is 12.6. The van der Waals surface area contributed by atoms with E-state index in [0.717, 1.165) is 25.7 Å². The molecule has 0 radical (unpaired) electrons. The predicted octanol–water partition coefficient (Wildman–Crippen LogP) is 3.87. The summed E-state index contributed by atoms with van der Waals surface area (Å²) in [6, 6.07) is 12.8. The van der Waals surface area contributed by atoms with Crippen LogP contribution in [0.2, 0.25) is 0 Å². The molecule has 6 nitrogen and oxygen atoms in total. The van der Waals surface area contributed by atoms with Crippen LogP contribution in [0.4, 0.5) is 0 Å². The van der Waals surface area contributed by atoms with Crippen molar-refractivity contribution in [3.8, 4) is 11.5 Å². The largest absolute Gasteiger partial charge is 0.490 e. The van der Waals surface area contributed by atoms with E-state index in [9.17, 15) is 13.2 Å². The van der Waals surface area contributed by atoms with Gasteiger partial charge in [0.1, 0.15) is 0 Å². The second kappa shape index (κ2) is 9.21. The van der Waals surface area contributed by atoms with Crippen LogP contribution >= 0.6 is 0 Å². The maximum Gasteiger partial charge on any atom is 0.343 e. The Balaban J connectivity index is 1.74. The van der Waals surface area contributed by atoms with Gasteiger partial charge in [-0.1, -0.05) is 25.0 Å². The monoisotopic (exact) mass is 403 g/mol. The van der Waals surface area contributed by atoms with Crippen LogP contribution in [0.25, 0.3) is 0 Å². The van der Waals surface area contributed by atoms with Crippen molar-refractivity contribution in [3.05, 3.63) is 54.1 Å². The maximum absolute atomic E-state index is 12.8. The molecule has 7 heteroatoms. The highest BCUT2D eigenvalue weighted by molar-refractivity contribution is 7.89. The van der Waals surface area contributed by atoms with Crippen molar-refractivity contribution in [2.24, 2.45) is 0 Å². The Morgan fingerprint density at radius 1 is 0.929 bits per heavy atom. The zero-order valence-corrected chi connectivity index (χ0v) is 16.8. The van der Waals surface area contributed by atoms with Crippen molar-refractivity contribution < 1.29 is 22.7 Å². The number of rotatable bonds is 6. The lowest BCUT2D eigenvalue weighted by Crippen LogP contribution is -2.31. The van der Waals surface area contributed by atoms with E-state index in [2.05, 4.69) is 0 Å². The Hall–Kier alpha value is -2.38. The number of hydrogen-bond donors (Lipinski definition) is 0. The SMILES string of the molecule is CCOc1ccccc1OC(=O)c1ccc(S(=O)(=O)N2CCCCCC2)cc1. The predicted molar refractivity (Wildman–Crippen MR) is 106 cm³/mol. The highest BCUT2D eigenvalue weighted by Crippen LogP contribution is 2.27. The van der Waals surface area contributed by atoms with Crippen LogP contribution < -0.4 is 9.47 Å². The number of esters is 1. The van der Waals surface area contributed by atoms with Gasteiger partial charge in [-0.15, -0.1) is 0 Å². The molecule has 150 valence electrons. The number of hydrogen-bond acceptors (Lipinski definition) is 5. The fraction of sp³-hybridized carbons (Fsp3) is 0.381. The summed E-state index contributed by atoms with van der Waals surface area (Å²) in [7, 11) is -3.54. The Morgan fingerprint density at radius 2 is 1.54 bits per heavy atom. The van der Waals surface area contributed by atoms with E-state index in [1.54, 1.807) is 24.3 Å². The van der Waals surface area contributed by atoms with Crippen LogP contribution in [-0.2, 0) is 10.0 Å². The molecule has 28 heavy (non-hydrogen) atoms. The summed E-state index contributed by atoms with van der Waals surface area (Å²) < 4.78 is 38.0. The third-order valence-electron chi connectivity index (χ3n) is 4.64. The van der Waals surface area contributed by atoms with Crippen LogP contribution in [0, 0.1) is 0 Å². The van der Waals surface area contributed by atoms with Crippen molar-refractivity contribution in [2.75, 3.05) is 19.7 Å². The first-order chi connectivity index (χ1) is 13.5. The topological polar surface area (TPSA) is 72.9 Å². The van der Waals surface area contributed by atoms with Gasteiger partial charge in [-0.05, 0) is 56.2 Å². The van der Waals surface area contributed by atoms with Crippen LogP contribution in [0.15, 0.2) is 53.4 Å². The molecule has 2 aromatic rings. The molecule has 1 aliphatic rings. The summed E-state index contributed by atoms with van der Waals surface area (Å²) in [6.45, 7) is 3.39. The van der Waals surface area contributed by atoms with Crippen molar-refractivity contribution >= 4 is 16.0 Å². The first-order valence-corrected chi connectivity index (χ1v) is 11.0. The fourth-order valence-corrected chi connectivity index (χ4v) is 4.68. The zero-order valence-electron chi connectivity index (χ0n) is 16.0. The molecule has 3 rings (SSSR count). The lowest BCUT2D eigenvalue weighted by molar-refractivity contribution is 0.0728. The van der Waals surface area contributed by atoms with E-state index in [0.29, 0.717) is 31.2 Å². The van der Waals surface area contributed by atoms with Gasteiger partial charge >= 0.3 is 5.97 Å². The van der Waals surface area contributed by atoms with Gasteiger partial charge in [0.2, 0.25) is 10.0 Å². The fourth-order valence-electron chi connectivity index (χ4n) is 3.16. The molecule has 0 unspecified atom stereocenters. The number of sulfonamides is 1. The Labute approximate surface area is 166 Å². The van der Waals surface area contributed by atoms with Crippen LogP contribution in [0.3, 0.4) is 0 Å². The zero-order chi connectivity index (χ0) is 20.0. The Kier molecular flexibility index (Phi) is 6.70.